The molecule has 1 heterocycles. The van der Waals surface area contributed by atoms with E-state index in [0.29, 0.717) is 17.7 Å². The Kier molecular flexibility index (Phi) is 10.4. The van der Waals surface area contributed by atoms with Gasteiger partial charge in [-0.3, -0.25) is 0 Å². The Bertz CT molecular complexity index is 1270. The molecule has 0 atom stereocenters. The number of rotatable bonds is 15. The number of esters is 2. The number of aromatic nitrogens is 1. The Balaban J connectivity index is 1.02. The van der Waals surface area contributed by atoms with Gasteiger partial charge in [-0.15, -0.1) is 0 Å². The van der Waals surface area contributed by atoms with Crippen LogP contribution in [-0.4, -0.2) is 30.2 Å². The molecule has 0 aliphatic carbocycles. The number of fused-ring (bicyclic) bond motifs is 3. The highest BCUT2D eigenvalue weighted by molar-refractivity contribution is 6.07. The third kappa shape index (κ3) is 7.25. The molecule has 0 radical (unpaired) electrons. The number of carbonyl (C=O) groups is 2. The van der Waals surface area contributed by atoms with Gasteiger partial charge >= 0.3 is 11.9 Å². The number of aryl methyl sites for hydroxylation is 1. The minimum atomic E-state index is -0.416. The molecule has 0 aliphatic heterocycles. The maximum Gasteiger partial charge on any atom is 0.338 e. The van der Waals surface area contributed by atoms with Gasteiger partial charge in [-0.05, 0) is 49.2 Å². The molecule has 0 saturated heterocycles. The molecule has 0 amide bonds. The largest absolute Gasteiger partial charge is 0.465 e. The number of ether oxygens (including phenoxy) is 2. The molecule has 200 valence electrons. The van der Waals surface area contributed by atoms with Crippen molar-refractivity contribution in [1.29, 1.82) is 0 Å². The van der Waals surface area contributed by atoms with E-state index in [1.165, 1.54) is 80.3 Å². The highest BCUT2D eigenvalue weighted by Gasteiger charge is 2.10. The fraction of sp³-hybridized carbons (Fsp3) is 0.394. The van der Waals surface area contributed by atoms with E-state index in [9.17, 15) is 9.59 Å². The van der Waals surface area contributed by atoms with Crippen molar-refractivity contribution in [2.45, 2.75) is 70.8 Å². The van der Waals surface area contributed by atoms with E-state index in [4.69, 9.17) is 4.74 Å². The monoisotopic (exact) mass is 513 g/mol. The first-order valence-corrected chi connectivity index (χ1v) is 14.0. The molecule has 0 aliphatic rings. The molecule has 38 heavy (non-hydrogen) atoms. The molecular weight excluding hydrogens is 474 g/mol. The molecule has 4 rings (SSSR count). The predicted molar refractivity (Wildman–Crippen MR) is 154 cm³/mol. The summed E-state index contributed by atoms with van der Waals surface area (Å²) < 4.78 is 12.5. The summed E-state index contributed by atoms with van der Waals surface area (Å²) in [7, 11) is 1.33. The van der Waals surface area contributed by atoms with Crippen molar-refractivity contribution >= 4 is 33.7 Å². The van der Waals surface area contributed by atoms with E-state index < -0.39 is 5.97 Å². The van der Waals surface area contributed by atoms with Gasteiger partial charge in [0, 0.05) is 28.4 Å². The normalized spacial score (nSPS) is 11.2. The van der Waals surface area contributed by atoms with Crippen LogP contribution >= 0.6 is 0 Å². The molecule has 1 aromatic heterocycles. The van der Waals surface area contributed by atoms with Crippen molar-refractivity contribution in [1.82, 2.24) is 4.57 Å². The van der Waals surface area contributed by atoms with Crippen LogP contribution in [0.2, 0.25) is 0 Å². The summed E-state index contributed by atoms with van der Waals surface area (Å²) in [6, 6.07) is 23.8. The van der Waals surface area contributed by atoms with Crippen LogP contribution in [0.5, 0.6) is 0 Å². The van der Waals surface area contributed by atoms with Crippen LogP contribution in [0, 0.1) is 0 Å². The molecule has 0 N–H and O–H groups in total. The molecule has 3 aromatic carbocycles. The van der Waals surface area contributed by atoms with E-state index in [0.717, 1.165) is 19.4 Å². The third-order valence-corrected chi connectivity index (χ3v) is 7.23. The van der Waals surface area contributed by atoms with Crippen molar-refractivity contribution in [3.05, 3.63) is 83.9 Å². The highest BCUT2D eigenvalue weighted by Crippen LogP contribution is 2.29. The molecule has 0 spiro atoms. The number of hydrogen-bond acceptors (Lipinski definition) is 4. The lowest BCUT2D eigenvalue weighted by atomic mass is 10.1. The van der Waals surface area contributed by atoms with Gasteiger partial charge in [0.1, 0.15) is 0 Å². The number of benzene rings is 3. The zero-order valence-electron chi connectivity index (χ0n) is 22.5. The van der Waals surface area contributed by atoms with Crippen molar-refractivity contribution in [3.8, 4) is 0 Å². The zero-order chi connectivity index (χ0) is 26.6. The highest BCUT2D eigenvalue weighted by atomic mass is 16.5. The summed E-state index contributed by atoms with van der Waals surface area (Å²) in [4.78, 5) is 23.6. The molecule has 0 fully saturated rings. The summed E-state index contributed by atoms with van der Waals surface area (Å²) in [5.74, 6) is -0.764. The van der Waals surface area contributed by atoms with Gasteiger partial charge in [0.2, 0.25) is 0 Å². The molecule has 4 aromatic rings. The first-order chi connectivity index (χ1) is 18.7. The van der Waals surface area contributed by atoms with E-state index in [1.807, 2.05) is 0 Å². The number of carbonyl (C=O) groups excluding carboxylic acids is 2. The number of nitrogens with zero attached hydrogens (tertiary/aromatic N) is 1. The second-order valence-electron chi connectivity index (χ2n) is 9.93. The van der Waals surface area contributed by atoms with Crippen LogP contribution in [0.25, 0.3) is 21.8 Å². The van der Waals surface area contributed by atoms with Crippen LogP contribution in [0.3, 0.4) is 0 Å². The van der Waals surface area contributed by atoms with E-state index in [2.05, 4.69) is 57.8 Å². The molecule has 0 bridgehead atoms. The maximum absolute atomic E-state index is 12.1. The smallest absolute Gasteiger partial charge is 0.338 e. The van der Waals surface area contributed by atoms with Gasteiger partial charge in [-0.25, -0.2) is 9.59 Å². The summed E-state index contributed by atoms with van der Waals surface area (Å²) in [6.45, 7) is 1.51. The number of methoxy groups -OCH3 is 1. The Morgan fingerprint density at radius 1 is 0.579 bits per heavy atom. The van der Waals surface area contributed by atoms with Crippen molar-refractivity contribution in [2.24, 2.45) is 0 Å². The quantitative estimate of drug-likeness (QED) is 0.118. The lowest BCUT2D eigenvalue weighted by Crippen LogP contribution is -2.07. The van der Waals surface area contributed by atoms with Crippen LogP contribution in [0.1, 0.15) is 84.9 Å². The fourth-order valence-corrected chi connectivity index (χ4v) is 5.14. The number of para-hydroxylation sites is 2. The average molecular weight is 514 g/mol. The van der Waals surface area contributed by atoms with Crippen LogP contribution in [-0.2, 0) is 16.0 Å². The van der Waals surface area contributed by atoms with Gasteiger partial charge in [-0.1, -0.05) is 87.8 Å². The molecular formula is C33H39NO4. The zero-order valence-corrected chi connectivity index (χ0v) is 22.5. The summed E-state index contributed by atoms with van der Waals surface area (Å²) in [5, 5.41) is 2.71. The van der Waals surface area contributed by atoms with Crippen LogP contribution < -0.4 is 0 Å². The van der Waals surface area contributed by atoms with Gasteiger partial charge in [0.05, 0.1) is 24.8 Å². The van der Waals surface area contributed by atoms with Crippen molar-refractivity contribution < 1.29 is 19.1 Å². The first-order valence-electron chi connectivity index (χ1n) is 14.0. The Morgan fingerprint density at radius 3 is 1.55 bits per heavy atom. The predicted octanol–water partition coefficient (Wildman–Crippen LogP) is 8.34. The molecule has 0 unspecified atom stereocenters. The van der Waals surface area contributed by atoms with Crippen LogP contribution in [0.15, 0.2) is 72.8 Å². The standard InChI is InChI=1S/C33H39NO4/c1-37-32(35)26-20-22-27(23-21-26)33(36)38-25-15-9-7-5-3-2-4-6-8-14-24-34-30-18-12-10-16-28(30)29-17-11-13-19-31(29)34/h10-13,16-23H,2-9,14-15,24-25H2,1H3. The average Bonchev–Trinajstić information content (AvgIpc) is 3.28. The van der Waals surface area contributed by atoms with Gasteiger partial charge < -0.3 is 14.0 Å². The Labute approximate surface area is 225 Å². The molecule has 0 saturated carbocycles. The van der Waals surface area contributed by atoms with E-state index >= 15 is 0 Å². The summed E-state index contributed by atoms with van der Waals surface area (Å²) >= 11 is 0. The van der Waals surface area contributed by atoms with Crippen molar-refractivity contribution in [2.75, 3.05) is 13.7 Å². The molecule has 5 nitrogen and oxygen atoms in total. The van der Waals surface area contributed by atoms with Gasteiger partial charge in [0.25, 0.3) is 0 Å². The van der Waals surface area contributed by atoms with Gasteiger partial charge in [-0.2, -0.15) is 0 Å². The second-order valence-corrected chi connectivity index (χ2v) is 9.93. The SMILES string of the molecule is COC(=O)c1ccc(C(=O)OCCCCCCCCCCCCn2c3ccccc3c3ccccc32)cc1. The van der Waals surface area contributed by atoms with E-state index in [1.54, 1.807) is 24.3 Å². The summed E-state index contributed by atoms with van der Waals surface area (Å²) in [5.41, 5.74) is 3.56. The lowest BCUT2D eigenvalue weighted by Gasteiger charge is -2.08. The first kappa shape index (κ1) is 27.4. The second kappa shape index (κ2) is 14.4. The summed E-state index contributed by atoms with van der Waals surface area (Å²) in [6.07, 6.45) is 12.1. The minimum Gasteiger partial charge on any atom is -0.465 e. The number of unbranched alkanes of at least 4 members (excludes halogenated alkanes) is 9. The minimum absolute atomic E-state index is 0.348. The Hall–Kier alpha value is -3.60. The van der Waals surface area contributed by atoms with Crippen molar-refractivity contribution in [3.63, 3.8) is 0 Å². The lowest BCUT2D eigenvalue weighted by molar-refractivity contribution is 0.0495. The van der Waals surface area contributed by atoms with Gasteiger partial charge in [0.15, 0.2) is 0 Å². The topological polar surface area (TPSA) is 57.5 Å². The Morgan fingerprint density at radius 2 is 1.03 bits per heavy atom. The number of hydrogen-bond donors (Lipinski definition) is 0. The fourth-order valence-electron chi connectivity index (χ4n) is 5.14. The van der Waals surface area contributed by atoms with E-state index in [-0.39, 0.29) is 5.97 Å². The third-order valence-electron chi connectivity index (χ3n) is 7.23. The molecule has 5 heteroatoms. The van der Waals surface area contributed by atoms with Crippen LogP contribution in [0.4, 0.5) is 0 Å². The maximum atomic E-state index is 12.1.